The van der Waals surface area contributed by atoms with E-state index in [0.717, 1.165) is 31.9 Å². The number of hydrogen-bond acceptors (Lipinski definition) is 5. The molecular formula is C15H22N6O4. The number of carboxylic acid groups (broad SMARTS) is 1. The average molecular weight is 350 g/mol. The molecule has 0 bridgehead atoms. The van der Waals surface area contributed by atoms with Gasteiger partial charge in [0.05, 0.1) is 5.54 Å². The fourth-order valence-corrected chi connectivity index (χ4v) is 3.46. The van der Waals surface area contributed by atoms with E-state index in [1.54, 1.807) is 16.8 Å². The van der Waals surface area contributed by atoms with Gasteiger partial charge in [-0.05, 0) is 0 Å². The number of rotatable bonds is 1. The van der Waals surface area contributed by atoms with Crippen LogP contribution in [0.1, 0.15) is 16.3 Å². The molecule has 3 aliphatic heterocycles. The fraction of sp³-hybridized carbons (Fsp3) is 0.600. The number of urea groups is 1. The van der Waals surface area contributed by atoms with Gasteiger partial charge in [0.25, 0.3) is 12.4 Å². The number of hydrogen-bond donors (Lipinski definition) is 3. The smallest absolute Gasteiger partial charge is 0.317 e. The maximum Gasteiger partial charge on any atom is 0.317 e. The fourth-order valence-electron chi connectivity index (χ4n) is 3.46. The Kier molecular flexibility index (Phi) is 4.62. The minimum atomic E-state index is -0.250. The predicted molar refractivity (Wildman–Crippen MR) is 87.3 cm³/mol. The predicted octanol–water partition coefficient (Wildman–Crippen LogP) is -1.42. The van der Waals surface area contributed by atoms with Crippen molar-refractivity contribution in [3.63, 3.8) is 0 Å². The number of amides is 3. The zero-order chi connectivity index (χ0) is 18.0. The molecule has 3 aliphatic rings. The van der Waals surface area contributed by atoms with Crippen molar-refractivity contribution in [2.75, 3.05) is 39.8 Å². The van der Waals surface area contributed by atoms with E-state index < -0.39 is 0 Å². The Morgan fingerprint density at radius 3 is 2.76 bits per heavy atom. The summed E-state index contributed by atoms with van der Waals surface area (Å²) in [7, 11) is 1.79. The third kappa shape index (κ3) is 3.04. The van der Waals surface area contributed by atoms with Gasteiger partial charge < -0.3 is 30.1 Å². The molecule has 0 aromatic carbocycles. The molecule has 0 unspecified atom stereocenters. The van der Waals surface area contributed by atoms with Crippen molar-refractivity contribution in [1.29, 1.82) is 0 Å². The van der Waals surface area contributed by atoms with Crippen molar-refractivity contribution < 1.29 is 19.5 Å². The molecule has 0 radical (unpaired) electrons. The van der Waals surface area contributed by atoms with E-state index in [-0.39, 0.29) is 23.9 Å². The van der Waals surface area contributed by atoms with Gasteiger partial charge >= 0.3 is 6.03 Å². The molecule has 1 spiro atoms. The van der Waals surface area contributed by atoms with Gasteiger partial charge in [0.1, 0.15) is 11.5 Å². The summed E-state index contributed by atoms with van der Waals surface area (Å²) in [6.07, 6.45) is 2.70. The van der Waals surface area contributed by atoms with Gasteiger partial charge in [-0.3, -0.25) is 9.59 Å². The largest absolute Gasteiger partial charge is 0.483 e. The van der Waals surface area contributed by atoms with Gasteiger partial charge in [-0.25, -0.2) is 9.78 Å². The van der Waals surface area contributed by atoms with Gasteiger partial charge in [0.15, 0.2) is 0 Å². The van der Waals surface area contributed by atoms with Crippen molar-refractivity contribution in [2.24, 2.45) is 0 Å². The molecule has 2 saturated heterocycles. The average Bonchev–Trinajstić information content (AvgIpc) is 3.01. The van der Waals surface area contributed by atoms with E-state index >= 15 is 0 Å². The molecule has 10 nitrogen and oxygen atoms in total. The summed E-state index contributed by atoms with van der Waals surface area (Å²) in [6, 6.07) is -0.0618. The summed E-state index contributed by atoms with van der Waals surface area (Å²) >= 11 is 0. The summed E-state index contributed by atoms with van der Waals surface area (Å²) < 4.78 is 2.07. The van der Waals surface area contributed by atoms with E-state index in [9.17, 15) is 9.59 Å². The Labute approximate surface area is 144 Å². The minimum absolute atomic E-state index is 0.0353. The highest BCUT2D eigenvalue weighted by molar-refractivity contribution is 5.93. The number of aromatic nitrogens is 2. The minimum Gasteiger partial charge on any atom is -0.483 e. The number of imidazole rings is 1. The molecule has 1 aromatic heterocycles. The lowest BCUT2D eigenvalue weighted by molar-refractivity contribution is -0.122. The quantitative estimate of drug-likeness (QED) is 0.535. The summed E-state index contributed by atoms with van der Waals surface area (Å²) in [5.41, 5.74) is 0.291. The van der Waals surface area contributed by atoms with Gasteiger partial charge in [-0.15, -0.1) is 0 Å². The summed E-state index contributed by atoms with van der Waals surface area (Å²) in [6.45, 7) is 4.16. The Hall–Kier alpha value is -2.62. The number of nitrogens with one attached hydrogen (secondary N) is 2. The normalized spacial score (nSPS) is 20.8. The number of fused-ring (bicyclic) bond motifs is 1. The SMILES string of the molecule is CN1C(=O)NCC12CN(C(=O)c1cn3c(n1)CCNCC3)C2.O=CO. The third-order valence-corrected chi connectivity index (χ3v) is 4.98. The van der Waals surface area contributed by atoms with Crippen LogP contribution in [0.4, 0.5) is 4.79 Å². The van der Waals surface area contributed by atoms with Crippen molar-refractivity contribution >= 4 is 18.4 Å². The first-order valence-electron chi connectivity index (χ1n) is 8.16. The van der Waals surface area contributed by atoms with Gasteiger partial charge in [0, 0.05) is 58.9 Å². The number of likely N-dealkylation sites (N-methyl/N-ethyl adjacent to an activating group) is 1. The van der Waals surface area contributed by atoms with Crippen molar-refractivity contribution in [2.45, 2.75) is 18.5 Å². The highest BCUT2D eigenvalue weighted by Crippen LogP contribution is 2.30. The van der Waals surface area contributed by atoms with E-state index in [4.69, 9.17) is 9.90 Å². The first-order chi connectivity index (χ1) is 12.0. The summed E-state index contributed by atoms with van der Waals surface area (Å²) in [4.78, 5) is 40.5. The van der Waals surface area contributed by atoms with Crippen LogP contribution in [0.25, 0.3) is 0 Å². The molecule has 4 heterocycles. The molecule has 3 N–H and O–H groups in total. The van der Waals surface area contributed by atoms with Gasteiger partial charge in [-0.1, -0.05) is 0 Å². The van der Waals surface area contributed by atoms with Crippen molar-refractivity contribution in [3.8, 4) is 0 Å². The van der Waals surface area contributed by atoms with Gasteiger partial charge in [-0.2, -0.15) is 0 Å². The topological polar surface area (TPSA) is 120 Å². The molecule has 10 heteroatoms. The van der Waals surface area contributed by atoms with Crippen LogP contribution in [0.2, 0.25) is 0 Å². The second kappa shape index (κ2) is 6.71. The number of carbonyl (C=O) groups is 3. The second-order valence-corrected chi connectivity index (χ2v) is 6.44. The number of likely N-dealkylation sites (tertiary alicyclic amines) is 1. The lowest BCUT2D eigenvalue weighted by Crippen LogP contribution is -2.70. The first-order valence-corrected chi connectivity index (χ1v) is 8.16. The Balaban J connectivity index is 0.000000569. The highest BCUT2D eigenvalue weighted by Gasteiger charge is 2.53. The lowest BCUT2D eigenvalue weighted by atomic mass is 9.89. The zero-order valence-corrected chi connectivity index (χ0v) is 14.1. The van der Waals surface area contributed by atoms with Crippen LogP contribution < -0.4 is 10.6 Å². The first kappa shape index (κ1) is 17.2. The highest BCUT2D eigenvalue weighted by atomic mass is 16.3. The molecule has 136 valence electrons. The molecule has 4 rings (SSSR count). The Morgan fingerprint density at radius 2 is 2.12 bits per heavy atom. The third-order valence-electron chi connectivity index (χ3n) is 4.98. The second-order valence-electron chi connectivity index (χ2n) is 6.44. The monoisotopic (exact) mass is 350 g/mol. The number of nitrogens with zero attached hydrogens (tertiary/aromatic N) is 4. The summed E-state index contributed by atoms with van der Waals surface area (Å²) in [5, 5.41) is 13.0. The van der Waals surface area contributed by atoms with Crippen molar-refractivity contribution in [3.05, 3.63) is 17.7 Å². The zero-order valence-electron chi connectivity index (χ0n) is 14.1. The molecule has 2 fully saturated rings. The molecule has 0 aliphatic carbocycles. The molecule has 0 atom stereocenters. The lowest BCUT2D eigenvalue weighted by Gasteiger charge is -2.50. The van der Waals surface area contributed by atoms with E-state index in [0.29, 0.717) is 25.3 Å². The van der Waals surface area contributed by atoms with Crippen molar-refractivity contribution in [1.82, 2.24) is 30.0 Å². The van der Waals surface area contributed by atoms with Crippen LogP contribution in [0, 0.1) is 0 Å². The molecule has 25 heavy (non-hydrogen) atoms. The van der Waals surface area contributed by atoms with E-state index in [1.807, 2.05) is 6.20 Å². The Bertz CT molecular complexity index is 658. The Morgan fingerprint density at radius 1 is 1.40 bits per heavy atom. The van der Waals surface area contributed by atoms with E-state index in [1.165, 1.54) is 0 Å². The van der Waals surface area contributed by atoms with Crippen LogP contribution >= 0.6 is 0 Å². The van der Waals surface area contributed by atoms with Crippen LogP contribution in [0.15, 0.2) is 6.20 Å². The maximum absolute atomic E-state index is 12.6. The maximum atomic E-state index is 12.6. The van der Waals surface area contributed by atoms with Crippen LogP contribution in [0.3, 0.4) is 0 Å². The number of carbonyl (C=O) groups excluding carboxylic acids is 2. The van der Waals surface area contributed by atoms with Crippen LogP contribution in [-0.4, -0.2) is 88.2 Å². The van der Waals surface area contributed by atoms with Crippen LogP contribution in [0.5, 0.6) is 0 Å². The summed E-state index contributed by atoms with van der Waals surface area (Å²) in [5.74, 6) is 0.935. The van der Waals surface area contributed by atoms with Gasteiger partial charge in [0.2, 0.25) is 0 Å². The van der Waals surface area contributed by atoms with E-state index in [2.05, 4.69) is 20.2 Å². The molecule has 1 aromatic rings. The molecular weight excluding hydrogens is 328 g/mol. The standard InChI is InChI=1S/C14H20N6O2.CH2O2/c1-18-13(22)16-7-14(18)8-20(9-14)12(21)10-6-19-5-4-15-3-2-11(19)17-10;2-1-3/h6,15H,2-5,7-9H2,1H3,(H,16,22);1H,(H,2,3). The molecule has 0 saturated carbocycles. The van der Waals surface area contributed by atoms with Crippen LogP contribution in [-0.2, 0) is 17.8 Å². The molecule has 3 amide bonds.